The zero-order valence-corrected chi connectivity index (χ0v) is 9.91. The smallest absolute Gasteiger partial charge is 0.419 e. The second-order valence-electron chi connectivity index (χ2n) is 3.84. The predicted molar refractivity (Wildman–Crippen MR) is 64.1 cm³/mol. The van der Waals surface area contributed by atoms with Crippen molar-refractivity contribution in [3.63, 3.8) is 0 Å². The molecule has 1 aromatic heterocycles. The number of hydrogen-bond acceptors (Lipinski definition) is 2. The number of hydrogen-bond donors (Lipinski definition) is 1. The van der Waals surface area contributed by atoms with Gasteiger partial charge in [0, 0.05) is 11.8 Å². The number of ether oxygens (including phenoxy) is 1. The zero-order chi connectivity index (χ0) is 14.0. The number of alkyl halides is 3. The van der Waals surface area contributed by atoms with Crippen LogP contribution in [0.25, 0.3) is 11.3 Å². The zero-order valence-electron chi connectivity index (χ0n) is 9.91. The number of methoxy groups -OCH3 is 1. The third-order valence-corrected chi connectivity index (χ3v) is 2.58. The van der Waals surface area contributed by atoms with E-state index in [1.165, 1.54) is 37.4 Å². The van der Waals surface area contributed by atoms with Crippen LogP contribution >= 0.6 is 0 Å². The number of aromatic amines is 1. The van der Waals surface area contributed by atoms with Gasteiger partial charge >= 0.3 is 6.18 Å². The first-order valence-corrected chi connectivity index (χ1v) is 5.37. The highest BCUT2D eigenvalue weighted by Gasteiger charge is 2.34. The lowest BCUT2D eigenvalue weighted by Gasteiger charge is -2.13. The molecule has 0 spiro atoms. The molecule has 1 aromatic carbocycles. The molecule has 0 saturated heterocycles. The Balaban J connectivity index is 2.58. The Labute approximate surface area is 106 Å². The molecule has 6 heteroatoms. The SMILES string of the molecule is COc1ccc(-c2cccc(=O)[nH]2)cc1C(F)(F)F. The number of halogens is 3. The van der Waals surface area contributed by atoms with E-state index in [1.807, 2.05) is 0 Å². The van der Waals surface area contributed by atoms with Crippen molar-refractivity contribution in [3.8, 4) is 17.0 Å². The van der Waals surface area contributed by atoms with Crippen molar-refractivity contribution in [2.45, 2.75) is 6.18 Å². The van der Waals surface area contributed by atoms with Crippen LogP contribution in [0.3, 0.4) is 0 Å². The van der Waals surface area contributed by atoms with Crippen LogP contribution in [-0.4, -0.2) is 12.1 Å². The number of nitrogens with one attached hydrogen (secondary N) is 1. The number of rotatable bonds is 2. The summed E-state index contributed by atoms with van der Waals surface area (Å²) in [4.78, 5) is 13.6. The lowest BCUT2D eigenvalue weighted by atomic mass is 10.1. The van der Waals surface area contributed by atoms with Crippen LogP contribution in [0.15, 0.2) is 41.2 Å². The molecule has 0 aliphatic carbocycles. The summed E-state index contributed by atoms with van der Waals surface area (Å²) in [6.45, 7) is 0. The standard InChI is InChI=1S/C13H10F3NO2/c1-19-11-6-5-8(7-9(11)13(14,15)16)10-3-2-4-12(18)17-10/h2-7H,1H3,(H,17,18). The Morgan fingerprint density at radius 1 is 1.16 bits per heavy atom. The Kier molecular flexibility index (Phi) is 3.33. The molecule has 0 bridgehead atoms. The summed E-state index contributed by atoms with van der Waals surface area (Å²) in [5.41, 5.74) is -0.662. The van der Waals surface area contributed by atoms with Crippen LogP contribution in [0.5, 0.6) is 5.75 Å². The Bertz CT molecular complexity index is 647. The van der Waals surface area contributed by atoms with Crippen molar-refractivity contribution in [2.24, 2.45) is 0 Å². The van der Waals surface area contributed by atoms with E-state index in [0.717, 1.165) is 6.07 Å². The maximum Gasteiger partial charge on any atom is 0.419 e. The molecule has 0 saturated carbocycles. The van der Waals surface area contributed by atoms with Crippen LogP contribution in [0.1, 0.15) is 5.56 Å². The summed E-state index contributed by atoms with van der Waals surface area (Å²) >= 11 is 0. The van der Waals surface area contributed by atoms with E-state index in [2.05, 4.69) is 4.98 Å². The highest BCUT2D eigenvalue weighted by atomic mass is 19.4. The van der Waals surface area contributed by atoms with Gasteiger partial charge in [-0.3, -0.25) is 4.79 Å². The maximum absolute atomic E-state index is 12.9. The second-order valence-corrected chi connectivity index (χ2v) is 3.84. The summed E-state index contributed by atoms with van der Waals surface area (Å²) in [5.74, 6) is -0.255. The van der Waals surface area contributed by atoms with Crippen molar-refractivity contribution >= 4 is 0 Å². The number of pyridine rings is 1. The van der Waals surface area contributed by atoms with Gasteiger partial charge in [0.15, 0.2) is 0 Å². The average Bonchev–Trinajstić information content (AvgIpc) is 2.37. The Morgan fingerprint density at radius 3 is 2.47 bits per heavy atom. The minimum absolute atomic E-state index is 0.255. The van der Waals surface area contributed by atoms with Crippen LogP contribution in [0.4, 0.5) is 13.2 Å². The predicted octanol–water partition coefficient (Wildman–Crippen LogP) is 3.07. The molecule has 100 valence electrons. The van der Waals surface area contributed by atoms with E-state index in [4.69, 9.17) is 4.74 Å². The molecule has 0 radical (unpaired) electrons. The fourth-order valence-electron chi connectivity index (χ4n) is 1.71. The molecule has 0 aliphatic rings. The van der Waals surface area contributed by atoms with Crippen LogP contribution < -0.4 is 10.3 Å². The van der Waals surface area contributed by atoms with Gasteiger partial charge in [-0.05, 0) is 29.8 Å². The van der Waals surface area contributed by atoms with Gasteiger partial charge < -0.3 is 9.72 Å². The molecule has 0 amide bonds. The molecule has 1 N–H and O–H groups in total. The maximum atomic E-state index is 12.9. The molecule has 2 aromatic rings. The molecule has 19 heavy (non-hydrogen) atoms. The minimum Gasteiger partial charge on any atom is -0.496 e. The molecular weight excluding hydrogens is 259 g/mol. The molecule has 0 unspecified atom stereocenters. The normalized spacial score (nSPS) is 11.4. The van der Waals surface area contributed by atoms with Gasteiger partial charge in [-0.1, -0.05) is 6.07 Å². The van der Waals surface area contributed by atoms with Crippen molar-refractivity contribution in [3.05, 3.63) is 52.3 Å². The largest absolute Gasteiger partial charge is 0.496 e. The minimum atomic E-state index is -4.52. The second kappa shape index (κ2) is 4.79. The van der Waals surface area contributed by atoms with Gasteiger partial charge in [0.2, 0.25) is 5.56 Å². The number of aromatic nitrogens is 1. The Morgan fingerprint density at radius 2 is 1.89 bits per heavy atom. The van der Waals surface area contributed by atoms with E-state index < -0.39 is 11.7 Å². The van der Waals surface area contributed by atoms with Crippen molar-refractivity contribution < 1.29 is 17.9 Å². The van der Waals surface area contributed by atoms with Gasteiger partial charge in [0.25, 0.3) is 0 Å². The van der Waals surface area contributed by atoms with E-state index >= 15 is 0 Å². The topological polar surface area (TPSA) is 42.1 Å². The number of benzene rings is 1. The van der Waals surface area contributed by atoms with Crippen LogP contribution in [0, 0.1) is 0 Å². The van der Waals surface area contributed by atoms with Crippen molar-refractivity contribution in [1.82, 2.24) is 4.98 Å². The highest BCUT2D eigenvalue weighted by Crippen LogP contribution is 2.38. The number of H-pyrrole nitrogens is 1. The fraction of sp³-hybridized carbons (Fsp3) is 0.154. The van der Waals surface area contributed by atoms with Gasteiger partial charge in [-0.25, -0.2) is 0 Å². The van der Waals surface area contributed by atoms with Gasteiger partial charge in [0.05, 0.1) is 12.7 Å². The monoisotopic (exact) mass is 269 g/mol. The molecule has 1 heterocycles. The third-order valence-electron chi connectivity index (χ3n) is 2.58. The molecule has 0 fully saturated rings. The summed E-state index contributed by atoms with van der Waals surface area (Å²) < 4.78 is 43.3. The first-order valence-electron chi connectivity index (χ1n) is 5.37. The summed E-state index contributed by atoms with van der Waals surface area (Å²) in [6, 6.07) is 7.93. The highest BCUT2D eigenvalue weighted by molar-refractivity contribution is 5.62. The van der Waals surface area contributed by atoms with Gasteiger partial charge in [-0.15, -0.1) is 0 Å². The van der Waals surface area contributed by atoms with E-state index in [9.17, 15) is 18.0 Å². The lowest BCUT2D eigenvalue weighted by Crippen LogP contribution is -2.08. The van der Waals surface area contributed by atoms with Crippen LogP contribution in [0.2, 0.25) is 0 Å². The fourth-order valence-corrected chi connectivity index (χ4v) is 1.71. The summed E-state index contributed by atoms with van der Waals surface area (Å²) in [5, 5.41) is 0. The van der Waals surface area contributed by atoms with E-state index in [-0.39, 0.29) is 16.9 Å². The van der Waals surface area contributed by atoms with Gasteiger partial charge in [-0.2, -0.15) is 13.2 Å². The molecule has 0 aliphatic heterocycles. The molecule has 0 atom stereocenters. The van der Waals surface area contributed by atoms with Crippen molar-refractivity contribution in [1.29, 1.82) is 0 Å². The first kappa shape index (κ1) is 13.2. The van der Waals surface area contributed by atoms with Gasteiger partial charge in [0.1, 0.15) is 5.75 Å². The quantitative estimate of drug-likeness (QED) is 0.910. The van der Waals surface area contributed by atoms with E-state index in [0.29, 0.717) is 5.69 Å². The van der Waals surface area contributed by atoms with Crippen molar-refractivity contribution in [2.75, 3.05) is 7.11 Å². The summed E-state index contributed by atoms with van der Waals surface area (Å²) in [6.07, 6.45) is -4.52. The molecular formula is C13H10F3NO2. The molecule has 3 nitrogen and oxygen atoms in total. The molecule has 2 rings (SSSR count). The Hall–Kier alpha value is -2.24. The third kappa shape index (κ3) is 2.78. The first-order chi connectivity index (χ1) is 8.91. The average molecular weight is 269 g/mol. The van der Waals surface area contributed by atoms with Crippen LogP contribution in [-0.2, 0) is 6.18 Å². The lowest BCUT2D eigenvalue weighted by molar-refractivity contribution is -0.138. The van der Waals surface area contributed by atoms with E-state index in [1.54, 1.807) is 0 Å². The summed E-state index contributed by atoms with van der Waals surface area (Å²) in [7, 11) is 1.18.